The van der Waals surface area contributed by atoms with Crippen LogP contribution in [0.15, 0.2) is 47.4 Å². The van der Waals surface area contributed by atoms with Gasteiger partial charge in [0.1, 0.15) is 11.6 Å². The number of aromatic hydroxyl groups is 1. The summed E-state index contributed by atoms with van der Waals surface area (Å²) < 4.78 is 36.0. The summed E-state index contributed by atoms with van der Waals surface area (Å²) >= 11 is 0. The first-order valence-electron chi connectivity index (χ1n) is 6.32. The number of anilines is 1. The highest BCUT2D eigenvalue weighted by atomic mass is 32.2. The lowest BCUT2D eigenvalue weighted by Crippen LogP contribution is -2.07. The molecule has 4 nitrogen and oxygen atoms in total. The van der Waals surface area contributed by atoms with Crippen LogP contribution in [0.5, 0.6) is 5.75 Å². The summed E-state index contributed by atoms with van der Waals surface area (Å²) in [5, 5.41) is 12.8. The lowest BCUT2D eigenvalue weighted by atomic mass is 10.1. The smallest absolute Gasteiger partial charge is 0.175 e. The van der Waals surface area contributed by atoms with E-state index in [0.717, 1.165) is 6.26 Å². The van der Waals surface area contributed by atoms with Gasteiger partial charge in [0.25, 0.3) is 0 Å². The molecular weight excluding hydrogens is 293 g/mol. The van der Waals surface area contributed by atoms with Crippen molar-refractivity contribution in [2.75, 3.05) is 11.6 Å². The number of benzene rings is 2. The zero-order chi connectivity index (χ0) is 15.6. The van der Waals surface area contributed by atoms with Crippen LogP contribution in [0, 0.1) is 5.82 Å². The summed E-state index contributed by atoms with van der Waals surface area (Å²) in [7, 11) is -3.23. The molecule has 1 unspecified atom stereocenters. The zero-order valence-electron chi connectivity index (χ0n) is 11.7. The largest absolute Gasteiger partial charge is 0.508 e. The minimum atomic E-state index is -3.23. The molecule has 0 aliphatic carbocycles. The third-order valence-corrected chi connectivity index (χ3v) is 4.25. The van der Waals surface area contributed by atoms with E-state index in [2.05, 4.69) is 5.32 Å². The molecule has 0 bridgehead atoms. The van der Waals surface area contributed by atoms with Gasteiger partial charge in [0, 0.05) is 17.5 Å². The quantitative estimate of drug-likeness (QED) is 0.910. The lowest BCUT2D eigenvalue weighted by molar-refractivity contribution is 0.462. The Morgan fingerprint density at radius 3 is 2.33 bits per heavy atom. The van der Waals surface area contributed by atoms with Gasteiger partial charge in [-0.1, -0.05) is 0 Å². The molecule has 112 valence electrons. The second-order valence-corrected chi connectivity index (χ2v) is 6.88. The molecule has 0 spiro atoms. The lowest BCUT2D eigenvalue weighted by Gasteiger charge is -2.17. The third-order valence-electron chi connectivity index (χ3n) is 3.12. The highest BCUT2D eigenvalue weighted by Gasteiger charge is 2.12. The Hall–Kier alpha value is -2.08. The van der Waals surface area contributed by atoms with E-state index in [1.54, 1.807) is 19.1 Å². The van der Waals surface area contributed by atoms with E-state index < -0.39 is 15.7 Å². The van der Waals surface area contributed by atoms with Crippen LogP contribution in [0.3, 0.4) is 0 Å². The molecule has 0 fully saturated rings. The van der Waals surface area contributed by atoms with Crippen LogP contribution < -0.4 is 5.32 Å². The Morgan fingerprint density at radius 1 is 1.14 bits per heavy atom. The Balaban J connectivity index is 2.20. The molecule has 2 aromatic carbocycles. The van der Waals surface area contributed by atoms with Crippen molar-refractivity contribution >= 4 is 15.5 Å². The standard InChI is InChI=1S/C15H16FNO3S/c1-10(14-9-11(16)3-8-15(14)18)17-12-4-6-13(7-5-12)21(2,19)20/h3-10,17-18H,1-2H3. The van der Waals surface area contributed by atoms with E-state index in [1.807, 2.05) is 0 Å². The molecule has 0 saturated heterocycles. The monoisotopic (exact) mass is 309 g/mol. The number of hydrogen-bond donors (Lipinski definition) is 2. The van der Waals surface area contributed by atoms with Crippen molar-refractivity contribution in [1.82, 2.24) is 0 Å². The summed E-state index contributed by atoms with van der Waals surface area (Å²) in [5.74, 6) is -0.423. The molecule has 21 heavy (non-hydrogen) atoms. The molecular formula is C15H16FNO3S. The molecule has 0 aliphatic heterocycles. The molecule has 0 heterocycles. The molecule has 0 amide bonds. The Bertz CT molecular complexity index is 742. The van der Waals surface area contributed by atoms with E-state index in [4.69, 9.17) is 0 Å². The van der Waals surface area contributed by atoms with E-state index in [-0.39, 0.29) is 16.7 Å². The Morgan fingerprint density at radius 2 is 1.76 bits per heavy atom. The van der Waals surface area contributed by atoms with Gasteiger partial charge in [-0.3, -0.25) is 0 Å². The van der Waals surface area contributed by atoms with Crippen LogP contribution in [-0.4, -0.2) is 19.8 Å². The van der Waals surface area contributed by atoms with E-state index >= 15 is 0 Å². The number of sulfone groups is 1. The highest BCUT2D eigenvalue weighted by Crippen LogP contribution is 2.27. The predicted molar refractivity (Wildman–Crippen MR) is 79.7 cm³/mol. The molecule has 0 saturated carbocycles. The van der Waals surface area contributed by atoms with Crippen molar-refractivity contribution in [3.63, 3.8) is 0 Å². The average Bonchev–Trinajstić information content (AvgIpc) is 2.41. The van der Waals surface area contributed by atoms with Crippen molar-refractivity contribution in [3.05, 3.63) is 53.8 Å². The summed E-state index contributed by atoms with van der Waals surface area (Å²) in [6.45, 7) is 1.78. The van der Waals surface area contributed by atoms with Gasteiger partial charge in [-0.2, -0.15) is 0 Å². The molecule has 0 aromatic heterocycles. The maximum absolute atomic E-state index is 13.2. The fourth-order valence-corrected chi connectivity index (χ4v) is 2.63. The minimum absolute atomic E-state index is 0.00385. The van der Waals surface area contributed by atoms with E-state index in [0.29, 0.717) is 11.3 Å². The second kappa shape index (κ2) is 5.73. The van der Waals surface area contributed by atoms with Crippen molar-refractivity contribution in [2.45, 2.75) is 17.9 Å². The molecule has 0 aliphatic rings. The molecule has 2 rings (SSSR count). The van der Waals surface area contributed by atoms with Gasteiger partial charge in [-0.25, -0.2) is 12.8 Å². The summed E-state index contributed by atoms with van der Waals surface area (Å²) in [4.78, 5) is 0.231. The van der Waals surface area contributed by atoms with E-state index in [1.165, 1.54) is 30.3 Å². The van der Waals surface area contributed by atoms with Crippen LogP contribution in [0.4, 0.5) is 10.1 Å². The number of phenols is 1. The second-order valence-electron chi connectivity index (χ2n) is 4.87. The topological polar surface area (TPSA) is 66.4 Å². The first-order chi connectivity index (χ1) is 9.77. The van der Waals surface area contributed by atoms with Gasteiger partial charge in [0.2, 0.25) is 0 Å². The van der Waals surface area contributed by atoms with Gasteiger partial charge in [-0.05, 0) is 49.4 Å². The van der Waals surface area contributed by atoms with Crippen molar-refractivity contribution in [1.29, 1.82) is 0 Å². The van der Waals surface area contributed by atoms with Crippen LogP contribution >= 0.6 is 0 Å². The van der Waals surface area contributed by atoms with Crippen LogP contribution in [0.1, 0.15) is 18.5 Å². The number of rotatable bonds is 4. The van der Waals surface area contributed by atoms with Crippen molar-refractivity contribution in [2.24, 2.45) is 0 Å². The Kier molecular flexibility index (Phi) is 4.18. The minimum Gasteiger partial charge on any atom is -0.508 e. The fraction of sp³-hybridized carbons (Fsp3) is 0.200. The Labute approximate surface area is 123 Å². The summed E-state index contributed by atoms with van der Waals surface area (Å²) in [6.07, 6.45) is 1.14. The van der Waals surface area contributed by atoms with Crippen molar-refractivity contribution < 1.29 is 17.9 Å². The number of nitrogens with one attached hydrogen (secondary N) is 1. The van der Waals surface area contributed by atoms with Gasteiger partial charge in [0.15, 0.2) is 9.84 Å². The van der Waals surface area contributed by atoms with Crippen molar-refractivity contribution in [3.8, 4) is 5.75 Å². The average molecular weight is 309 g/mol. The number of phenolic OH excluding ortho intramolecular Hbond substituents is 1. The predicted octanol–water partition coefficient (Wildman–Crippen LogP) is 3.11. The first kappa shape index (κ1) is 15.3. The van der Waals surface area contributed by atoms with Gasteiger partial charge in [0.05, 0.1) is 10.9 Å². The maximum atomic E-state index is 13.2. The fourth-order valence-electron chi connectivity index (χ4n) is 2.00. The van der Waals surface area contributed by atoms with Gasteiger partial charge in [-0.15, -0.1) is 0 Å². The number of hydrogen-bond acceptors (Lipinski definition) is 4. The van der Waals surface area contributed by atoms with Crippen LogP contribution in [-0.2, 0) is 9.84 Å². The molecule has 2 aromatic rings. The van der Waals surface area contributed by atoms with Crippen LogP contribution in [0.2, 0.25) is 0 Å². The van der Waals surface area contributed by atoms with Gasteiger partial charge >= 0.3 is 0 Å². The highest BCUT2D eigenvalue weighted by molar-refractivity contribution is 7.90. The van der Waals surface area contributed by atoms with Crippen LogP contribution in [0.25, 0.3) is 0 Å². The molecule has 1 atom stereocenters. The normalized spacial score (nSPS) is 12.9. The van der Waals surface area contributed by atoms with Gasteiger partial charge < -0.3 is 10.4 Å². The molecule has 6 heteroatoms. The molecule has 0 radical (unpaired) electrons. The zero-order valence-corrected chi connectivity index (χ0v) is 12.5. The summed E-state index contributed by atoms with van der Waals surface area (Å²) in [6, 6.07) is 9.67. The van der Waals surface area contributed by atoms with E-state index in [9.17, 15) is 17.9 Å². The number of halogens is 1. The molecule has 2 N–H and O–H groups in total. The summed E-state index contributed by atoms with van der Waals surface area (Å²) in [5.41, 5.74) is 1.11. The maximum Gasteiger partial charge on any atom is 0.175 e. The SMILES string of the molecule is CC(Nc1ccc(S(C)(=O)=O)cc1)c1cc(F)ccc1O. The first-order valence-corrected chi connectivity index (χ1v) is 8.21. The third kappa shape index (κ3) is 3.72.